The number of hydrogen-bond donors (Lipinski definition) is 1. The smallest absolute Gasteiger partial charge is 0.251 e. The van der Waals surface area contributed by atoms with Crippen LogP contribution in [0.3, 0.4) is 0 Å². The molecule has 0 fully saturated rings. The molecule has 0 radical (unpaired) electrons. The van der Waals surface area contributed by atoms with E-state index in [1.54, 1.807) is 25.4 Å². The fraction of sp³-hybridized carbons (Fsp3) is 0.333. The molecular formula is C15H19N3O2. The summed E-state index contributed by atoms with van der Waals surface area (Å²) in [5.74, 6) is -0.0988. The maximum atomic E-state index is 12.0. The third-order valence-electron chi connectivity index (χ3n) is 3.00. The van der Waals surface area contributed by atoms with Gasteiger partial charge in [0.25, 0.3) is 5.91 Å². The van der Waals surface area contributed by atoms with E-state index in [0.29, 0.717) is 12.2 Å². The van der Waals surface area contributed by atoms with Crippen LogP contribution in [0.15, 0.2) is 36.5 Å². The molecule has 0 aliphatic carbocycles. The lowest BCUT2D eigenvalue weighted by Crippen LogP contribution is -2.35. The van der Waals surface area contributed by atoms with E-state index in [9.17, 15) is 4.79 Å². The Kier molecular flexibility index (Phi) is 4.53. The highest BCUT2D eigenvalue weighted by atomic mass is 16.5. The number of amides is 1. The first kappa shape index (κ1) is 14.3. The van der Waals surface area contributed by atoms with Gasteiger partial charge in [-0.05, 0) is 44.2 Å². The summed E-state index contributed by atoms with van der Waals surface area (Å²) in [5.41, 5.74) is 2.62. The fourth-order valence-corrected chi connectivity index (χ4v) is 1.99. The number of methoxy groups -OCH3 is 1. The van der Waals surface area contributed by atoms with E-state index in [4.69, 9.17) is 4.74 Å². The van der Waals surface area contributed by atoms with Crippen LogP contribution in [0.5, 0.6) is 0 Å². The van der Waals surface area contributed by atoms with E-state index in [2.05, 4.69) is 10.4 Å². The summed E-state index contributed by atoms with van der Waals surface area (Å²) in [6, 6.07) is 9.29. The van der Waals surface area contributed by atoms with Crippen molar-refractivity contribution in [1.82, 2.24) is 15.1 Å². The maximum Gasteiger partial charge on any atom is 0.251 e. The Morgan fingerprint density at radius 1 is 1.35 bits per heavy atom. The number of ether oxygens (including phenoxy) is 1. The van der Waals surface area contributed by atoms with Gasteiger partial charge in [-0.1, -0.05) is 0 Å². The Labute approximate surface area is 118 Å². The van der Waals surface area contributed by atoms with Gasteiger partial charge < -0.3 is 10.1 Å². The molecule has 0 aliphatic rings. The Bertz CT molecular complexity index is 575. The second-order valence-corrected chi connectivity index (χ2v) is 4.76. The van der Waals surface area contributed by atoms with Gasteiger partial charge in [-0.25, -0.2) is 4.68 Å². The van der Waals surface area contributed by atoms with Gasteiger partial charge in [0.1, 0.15) is 0 Å². The molecule has 0 spiro atoms. The van der Waals surface area contributed by atoms with Gasteiger partial charge in [0, 0.05) is 30.6 Å². The van der Waals surface area contributed by atoms with Gasteiger partial charge in [0.15, 0.2) is 0 Å². The van der Waals surface area contributed by atoms with Gasteiger partial charge in [-0.2, -0.15) is 5.10 Å². The zero-order chi connectivity index (χ0) is 14.5. The third-order valence-corrected chi connectivity index (χ3v) is 3.00. The minimum Gasteiger partial charge on any atom is -0.383 e. The summed E-state index contributed by atoms with van der Waals surface area (Å²) >= 11 is 0. The zero-order valence-electron chi connectivity index (χ0n) is 12.0. The Morgan fingerprint density at radius 2 is 2.05 bits per heavy atom. The number of aryl methyl sites for hydroxylation is 1. The van der Waals surface area contributed by atoms with E-state index < -0.39 is 0 Å². The van der Waals surface area contributed by atoms with E-state index in [-0.39, 0.29) is 11.9 Å². The van der Waals surface area contributed by atoms with Crippen molar-refractivity contribution in [3.05, 3.63) is 47.8 Å². The van der Waals surface area contributed by atoms with Gasteiger partial charge in [0.2, 0.25) is 0 Å². The second kappa shape index (κ2) is 6.34. The van der Waals surface area contributed by atoms with E-state index >= 15 is 0 Å². The molecule has 0 saturated heterocycles. The van der Waals surface area contributed by atoms with Crippen molar-refractivity contribution in [1.29, 1.82) is 0 Å². The highest BCUT2D eigenvalue weighted by molar-refractivity contribution is 5.94. The number of benzene rings is 1. The number of hydrogen-bond acceptors (Lipinski definition) is 3. The molecule has 1 N–H and O–H groups in total. The lowest BCUT2D eigenvalue weighted by Gasteiger charge is -2.13. The molecule has 0 aliphatic heterocycles. The van der Waals surface area contributed by atoms with Gasteiger partial charge in [0.05, 0.1) is 12.3 Å². The molecule has 0 bridgehead atoms. The average molecular weight is 273 g/mol. The van der Waals surface area contributed by atoms with Gasteiger partial charge >= 0.3 is 0 Å². The first-order valence-corrected chi connectivity index (χ1v) is 6.52. The molecule has 1 amide bonds. The Morgan fingerprint density at radius 3 is 2.60 bits per heavy atom. The highest BCUT2D eigenvalue weighted by Gasteiger charge is 2.10. The van der Waals surface area contributed by atoms with Crippen molar-refractivity contribution in [3.63, 3.8) is 0 Å². The molecule has 2 rings (SSSR count). The number of carbonyl (C=O) groups is 1. The molecule has 5 heteroatoms. The summed E-state index contributed by atoms with van der Waals surface area (Å²) in [6.45, 7) is 4.39. The number of aromatic nitrogens is 2. The van der Waals surface area contributed by atoms with Crippen LogP contribution < -0.4 is 5.32 Å². The number of nitrogens with zero attached hydrogens (tertiary/aromatic N) is 2. The lowest BCUT2D eigenvalue weighted by atomic mass is 10.2. The minimum atomic E-state index is -0.0988. The van der Waals surface area contributed by atoms with Crippen molar-refractivity contribution >= 4 is 5.91 Å². The molecule has 1 atom stereocenters. The predicted octanol–water partition coefficient (Wildman–Crippen LogP) is 1.95. The van der Waals surface area contributed by atoms with Gasteiger partial charge in [-0.3, -0.25) is 4.79 Å². The molecule has 5 nitrogen and oxygen atoms in total. The molecule has 20 heavy (non-hydrogen) atoms. The molecule has 1 aromatic heterocycles. The highest BCUT2D eigenvalue weighted by Crippen LogP contribution is 2.11. The summed E-state index contributed by atoms with van der Waals surface area (Å²) in [7, 11) is 1.61. The van der Waals surface area contributed by atoms with E-state index in [0.717, 1.165) is 11.4 Å². The van der Waals surface area contributed by atoms with Crippen LogP contribution in [0, 0.1) is 6.92 Å². The first-order chi connectivity index (χ1) is 9.61. The standard InChI is InChI=1S/C15H19N3O2/c1-11(10-20-3)17-15(19)13-4-6-14(7-5-13)18-12(2)8-9-16-18/h4-9,11H,10H2,1-3H3,(H,17,19). The lowest BCUT2D eigenvalue weighted by molar-refractivity contribution is 0.0905. The Balaban J connectivity index is 2.08. The van der Waals surface area contributed by atoms with Crippen molar-refractivity contribution in [3.8, 4) is 5.69 Å². The number of carbonyl (C=O) groups excluding carboxylic acids is 1. The number of rotatable bonds is 5. The molecule has 1 unspecified atom stereocenters. The largest absolute Gasteiger partial charge is 0.383 e. The summed E-state index contributed by atoms with van der Waals surface area (Å²) in [5, 5.41) is 7.11. The molecular weight excluding hydrogens is 254 g/mol. The molecule has 2 aromatic rings. The summed E-state index contributed by atoms with van der Waals surface area (Å²) < 4.78 is 6.82. The maximum absolute atomic E-state index is 12.0. The average Bonchev–Trinajstić information content (AvgIpc) is 2.85. The molecule has 1 heterocycles. The summed E-state index contributed by atoms with van der Waals surface area (Å²) in [4.78, 5) is 12.0. The SMILES string of the molecule is COCC(C)NC(=O)c1ccc(-n2nccc2C)cc1. The number of nitrogens with one attached hydrogen (secondary N) is 1. The Hall–Kier alpha value is -2.14. The van der Waals surface area contributed by atoms with Crippen molar-refractivity contribution in [2.45, 2.75) is 19.9 Å². The quantitative estimate of drug-likeness (QED) is 0.906. The zero-order valence-corrected chi connectivity index (χ0v) is 12.0. The van der Waals surface area contributed by atoms with Crippen molar-refractivity contribution in [2.75, 3.05) is 13.7 Å². The van der Waals surface area contributed by atoms with E-state index in [1.165, 1.54) is 0 Å². The van der Waals surface area contributed by atoms with Crippen LogP contribution in [-0.2, 0) is 4.74 Å². The van der Waals surface area contributed by atoms with Gasteiger partial charge in [-0.15, -0.1) is 0 Å². The fourth-order valence-electron chi connectivity index (χ4n) is 1.99. The summed E-state index contributed by atoms with van der Waals surface area (Å²) in [6.07, 6.45) is 1.75. The minimum absolute atomic E-state index is 0.0134. The van der Waals surface area contributed by atoms with Crippen molar-refractivity contribution in [2.24, 2.45) is 0 Å². The molecule has 0 saturated carbocycles. The normalized spacial score (nSPS) is 12.2. The second-order valence-electron chi connectivity index (χ2n) is 4.76. The monoisotopic (exact) mass is 273 g/mol. The van der Waals surface area contributed by atoms with Crippen LogP contribution in [0.1, 0.15) is 23.0 Å². The van der Waals surface area contributed by atoms with Crippen LogP contribution in [-0.4, -0.2) is 35.4 Å². The third kappa shape index (κ3) is 3.24. The van der Waals surface area contributed by atoms with Crippen molar-refractivity contribution < 1.29 is 9.53 Å². The van der Waals surface area contributed by atoms with Crippen LogP contribution >= 0.6 is 0 Å². The predicted molar refractivity (Wildman–Crippen MR) is 77.1 cm³/mol. The topological polar surface area (TPSA) is 56.1 Å². The molecule has 1 aromatic carbocycles. The van der Waals surface area contributed by atoms with Crippen LogP contribution in [0.2, 0.25) is 0 Å². The van der Waals surface area contributed by atoms with Crippen LogP contribution in [0.4, 0.5) is 0 Å². The first-order valence-electron chi connectivity index (χ1n) is 6.52. The van der Waals surface area contributed by atoms with Crippen LogP contribution in [0.25, 0.3) is 5.69 Å². The molecule has 106 valence electrons. The van der Waals surface area contributed by atoms with E-state index in [1.807, 2.05) is 36.7 Å².